The monoisotopic (exact) mass is 246 g/mol. The number of aliphatic imine (C=N–C) groups is 1. The van der Waals surface area contributed by atoms with E-state index in [1.807, 2.05) is 6.92 Å². The largest absolute Gasteiger partial charge is 0.289 e. The zero-order valence-electron chi connectivity index (χ0n) is 10.6. The molecule has 4 nitrogen and oxygen atoms in total. The lowest BCUT2D eigenvalue weighted by Gasteiger charge is -2.17. The van der Waals surface area contributed by atoms with E-state index >= 15 is 0 Å². The Bertz CT molecular complexity index is 463. The highest BCUT2D eigenvalue weighted by Gasteiger charge is 2.12. The lowest BCUT2D eigenvalue weighted by molar-refractivity contribution is -0.384. The van der Waals surface area contributed by atoms with Crippen LogP contribution in [0.25, 0.3) is 0 Å². The molecule has 0 aliphatic heterocycles. The third kappa shape index (κ3) is 3.15. The van der Waals surface area contributed by atoms with E-state index in [-0.39, 0.29) is 10.6 Å². The smallest absolute Gasteiger partial charge is 0.270 e. The maximum absolute atomic E-state index is 10.7. The third-order valence-corrected chi connectivity index (χ3v) is 3.47. The van der Waals surface area contributed by atoms with Crippen LogP contribution in [0.3, 0.4) is 0 Å². The molecule has 0 saturated heterocycles. The van der Waals surface area contributed by atoms with Gasteiger partial charge in [-0.3, -0.25) is 15.1 Å². The molecular formula is C14H18N2O2. The second kappa shape index (κ2) is 5.76. The van der Waals surface area contributed by atoms with E-state index in [4.69, 9.17) is 0 Å². The Morgan fingerprint density at radius 1 is 1.33 bits per heavy atom. The zero-order chi connectivity index (χ0) is 13.0. The SMILES string of the molecule is Cc1ccc([N+](=O)[O-])cc1C=NC1CCCCC1. The van der Waals surface area contributed by atoms with Gasteiger partial charge in [-0.25, -0.2) is 0 Å². The van der Waals surface area contributed by atoms with Crippen molar-refractivity contribution in [2.45, 2.75) is 45.1 Å². The predicted octanol–water partition coefficient (Wildman–Crippen LogP) is 3.65. The highest BCUT2D eigenvalue weighted by molar-refractivity contribution is 5.82. The van der Waals surface area contributed by atoms with Gasteiger partial charge < -0.3 is 0 Å². The van der Waals surface area contributed by atoms with Crippen LogP contribution < -0.4 is 0 Å². The fraction of sp³-hybridized carbons (Fsp3) is 0.500. The first-order valence-electron chi connectivity index (χ1n) is 6.45. The van der Waals surface area contributed by atoms with Crippen molar-refractivity contribution in [1.29, 1.82) is 0 Å². The van der Waals surface area contributed by atoms with Crippen LogP contribution in [0.1, 0.15) is 43.2 Å². The number of aryl methyl sites for hydroxylation is 1. The summed E-state index contributed by atoms with van der Waals surface area (Å²) in [7, 11) is 0. The number of nitro benzene ring substituents is 1. The van der Waals surface area contributed by atoms with Crippen LogP contribution in [-0.2, 0) is 0 Å². The predicted molar refractivity (Wildman–Crippen MR) is 72.3 cm³/mol. The van der Waals surface area contributed by atoms with E-state index in [0.29, 0.717) is 6.04 Å². The highest BCUT2D eigenvalue weighted by atomic mass is 16.6. The highest BCUT2D eigenvalue weighted by Crippen LogP contribution is 2.21. The lowest BCUT2D eigenvalue weighted by Crippen LogP contribution is -2.09. The summed E-state index contributed by atoms with van der Waals surface area (Å²) >= 11 is 0. The molecule has 0 bridgehead atoms. The van der Waals surface area contributed by atoms with Crippen LogP contribution in [0.4, 0.5) is 5.69 Å². The molecular weight excluding hydrogens is 228 g/mol. The number of non-ortho nitro benzene ring substituents is 1. The first-order valence-corrected chi connectivity index (χ1v) is 6.45. The van der Waals surface area contributed by atoms with Gasteiger partial charge in [-0.2, -0.15) is 0 Å². The number of hydrogen-bond acceptors (Lipinski definition) is 3. The van der Waals surface area contributed by atoms with Gasteiger partial charge in [0.2, 0.25) is 0 Å². The van der Waals surface area contributed by atoms with E-state index < -0.39 is 0 Å². The van der Waals surface area contributed by atoms with Crippen molar-refractivity contribution in [3.05, 3.63) is 39.4 Å². The van der Waals surface area contributed by atoms with Gasteiger partial charge >= 0.3 is 0 Å². The summed E-state index contributed by atoms with van der Waals surface area (Å²) in [5.74, 6) is 0. The summed E-state index contributed by atoms with van der Waals surface area (Å²) in [5.41, 5.74) is 2.01. The Labute approximate surface area is 107 Å². The quantitative estimate of drug-likeness (QED) is 0.464. The number of benzene rings is 1. The van der Waals surface area contributed by atoms with Crippen molar-refractivity contribution >= 4 is 11.9 Å². The minimum Gasteiger partial charge on any atom is -0.289 e. The molecule has 1 aromatic carbocycles. The van der Waals surface area contributed by atoms with Crippen molar-refractivity contribution in [2.24, 2.45) is 4.99 Å². The van der Waals surface area contributed by atoms with Crippen molar-refractivity contribution in [1.82, 2.24) is 0 Å². The van der Waals surface area contributed by atoms with Gasteiger partial charge in [-0.1, -0.05) is 25.3 Å². The first kappa shape index (κ1) is 12.7. The molecule has 1 fully saturated rings. The molecule has 0 amide bonds. The van der Waals surface area contributed by atoms with Gasteiger partial charge in [0, 0.05) is 30.0 Å². The summed E-state index contributed by atoms with van der Waals surface area (Å²) in [6.45, 7) is 1.95. The second-order valence-corrected chi connectivity index (χ2v) is 4.87. The molecule has 2 rings (SSSR count). The number of nitro groups is 1. The van der Waals surface area contributed by atoms with Gasteiger partial charge in [0.1, 0.15) is 0 Å². The third-order valence-electron chi connectivity index (χ3n) is 3.47. The molecule has 0 atom stereocenters. The minimum atomic E-state index is -0.364. The lowest BCUT2D eigenvalue weighted by atomic mass is 9.96. The standard InChI is InChI=1S/C14H18N2O2/c1-11-7-8-14(16(17)18)9-12(11)10-15-13-5-3-2-4-6-13/h7-10,13H,2-6H2,1H3. The molecule has 1 saturated carbocycles. The number of rotatable bonds is 3. The Morgan fingerprint density at radius 3 is 2.72 bits per heavy atom. The van der Waals surface area contributed by atoms with Crippen LogP contribution in [0.5, 0.6) is 0 Å². The van der Waals surface area contributed by atoms with Gasteiger partial charge in [-0.15, -0.1) is 0 Å². The summed E-state index contributed by atoms with van der Waals surface area (Å²) in [6.07, 6.45) is 7.89. The van der Waals surface area contributed by atoms with Gasteiger partial charge in [0.25, 0.3) is 5.69 Å². The summed E-state index contributed by atoms with van der Waals surface area (Å²) < 4.78 is 0. The Morgan fingerprint density at radius 2 is 2.06 bits per heavy atom. The van der Waals surface area contributed by atoms with Gasteiger partial charge in [0.15, 0.2) is 0 Å². The van der Waals surface area contributed by atoms with E-state index in [2.05, 4.69) is 4.99 Å². The van der Waals surface area contributed by atoms with Crippen LogP contribution in [0.15, 0.2) is 23.2 Å². The van der Waals surface area contributed by atoms with Crippen LogP contribution in [0, 0.1) is 17.0 Å². The summed E-state index contributed by atoms with van der Waals surface area (Å²) in [6, 6.07) is 5.31. The molecule has 0 spiro atoms. The fourth-order valence-electron chi connectivity index (χ4n) is 2.30. The molecule has 0 aromatic heterocycles. The summed E-state index contributed by atoms with van der Waals surface area (Å²) in [4.78, 5) is 14.9. The van der Waals surface area contributed by atoms with Crippen molar-refractivity contribution in [3.8, 4) is 0 Å². The van der Waals surface area contributed by atoms with Gasteiger partial charge in [0.05, 0.1) is 4.92 Å². The molecule has 4 heteroatoms. The van der Waals surface area contributed by atoms with Crippen LogP contribution >= 0.6 is 0 Å². The van der Waals surface area contributed by atoms with Crippen LogP contribution in [-0.4, -0.2) is 17.2 Å². The van der Waals surface area contributed by atoms with Crippen molar-refractivity contribution in [3.63, 3.8) is 0 Å². The van der Waals surface area contributed by atoms with Crippen LogP contribution in [0.2, 0.25) is 0 Å². The number of nitrogens with zero attached hydrogens (tertiary/aromatic N) is 2. The fourth-order valence-corrected chi connectivity index (χ4v) is 2.30. The average molecular weight is 246 g/mol. The average Bonchev–Trinajstić information content (AvgIpc) is 2.38. The molecule has 0 unspecified atom stereocenters. The number of hydrogen-bond donors (Lipinski definition) is 0. The molecule has 1 aromatic rings. The molecule has 0 heterocycles. The molecule has 1 aliphatic rings. The maximum Gasteiger partial charge on any atom is 0.270 e. The summed E-state index contributed by atoms with van der Waals surface area (Å²) in [5, 5.41) is 10.7. The van der Waals surface area contributed by atoms with E-state index in [1.54, 1.807) is 18.3 Å². The Balaban J connectivity index is 2.14. The maximum atomic E-state index is 10.7. The molecule has 0 radical (unpaired) electrons. The minimum absolute atomic E-state index is 0.130. The second-order valence-electron chi connectivity index (χ2n) is 4.87. The molecule has 96 valence electrons. The normalized spacial score (nSPS) is 17.2. The topological polar surface area (TPSA) is 55.5 Å². The molecule has 0 N–H and O–H groups in total. The van der Waals surface area contributed by atoms with Gasteiger partial charge in [-0.05, 0) is 25.3 Å². The first-order chi connectivity index (χ1) is 8.66. The van der Waals surface area contributed by atoms with Crippen molar-refractivity contribution in [2.75, 3.05) is 0 Å². The Hall–Kier alpha value is -1.71. The molecule has 1 aliphatic carbocycles. The van der Waals surface area contributed by atoms with E-state index in [0.717, 1.165) is 24.0 Å². The Kier molecular flexibility index (Phi) is 4.07. The zero-order valence-corrected chi connectivity index (χ0v) is 10.6. The van der Waals surface area contributed by atoms with E-state index in [9.17, 15) is 10.1 Å². The van der Waals surface area contributed by atoms with Crippen molar-refractivity contribution < 1.29 is 4.92 Å². The molecule has 18 heavy (non-hydrogen) atoms. The van der Waals surface area contributed by atoms with E-state index in [1.165, 1.54) is 25.3 Å².